The Hall–Kier alpha value is -2.64. The van der Waals surface area contributed by atoms with Gasteiger partial charge in [0, 0.05) is 24.2 Å². The van der Waals surface area contributed by atoms with E-state index in [4.69, 9.17) is 9.47 Å². The zero-order chi connectivity index (χ0) is 19.8. The molecular weight excluding hydrogens is 352 g/mol. The average Bonchev–Trinajstić information content (AvgIpc) is 2.68. The van der Waals surface area contributed by atoms with Crippen LogP contribution in [-0.2, 0) is 9.53 Å². The molecule has 0 heterocycles. The minimum atomic E-state index is -0.570. The molecule has 8 heteroatoms. The Morgan fingerprint density at radius 3 is 2.56 bits per heavy atom. The maximum Gasteiger partial charge on any atom is 0.311 e. The van der Waals surface area contributed by atoms with E-state index in [2.05, 4.69) is 0 Å². The molecule has 2 rings (SSSR count). The highest BCUT2D eigenvalue weighted by molar-refractivity contribution is 5.95. The highest BCUT2D eigenvalue weighted by atomic mass is 16.6. The van der Waals surface area contributed by atoms with Gasteiger partial charge in [-0.25, -0.2) is 0 Å². The molecule has 1 aromatic carbocycles. The number of ether oxygens (including phenoxy) is 2. The maximum atomic E-state index is 13.1. The lowest BCUT2D eigenvalue weighted by atomic mass is 9.93. The minimum Gasteiger partial charge on any atom is -0.490 e. The average molecular weight is 378 g/mol. The Kier molecular flexibility index (Phi) is 7.57. The zero-order valence-electron chi connectivity index (χ0n) is 15.8. The summed E-state index contributed by atoms with van der Waals surface area (Å²) in [6, 6.07) is 4.22. The number of nitro groups is 1. The maximum absolute atomic E-state index is 13.1. The van der Waals surface area contributed by atoms with Gasteiger partial charge in [-0.15, -0.1) is 0 Å². The molecule has 0 spiro atoms. The van der Waals surface area contributed by atoms with Gasteiger partial charge in [-0.05, 0) is 31.9 Å². The van der Waals surface area contributed by atoms with Crippen LogP contribution in [0.25, 0.3) is 0 Å². The van der Waals surface area contributed by atoms with Gasteiger partial charge in [0.1, 0.15) is 0 Å². The molecule has 1 amide bonds. The second-order valence-electron chi connectivity index (χ2n) is 6.49. The summed E-state index contributed by atoms with van der Waals surface area (Å²) in [5.41, 5.74) is -0.0331. The lowest BCUT2D eigenvalue weighted by molar-refractivity contribution is -0.385. The van der Waals surface area contributed by atoms with E-state index in [0.717, 1.165) is 32.1 Å². The van der Waals surface area contributed by atoms with Crippen molar-refractivity contribution in [3.05, 3.63) is 33.9 Å². The summed E-state index contributed by atoms with van der Waals surface area (Å²) in [6.07, 6.45) is 5.02. The van der Waals surface area contributed by atoms with Gasteiger partial charge < -0.3 is 14.4 Å². The Bertz CT molecular complexity index is 685. The van der Waals surface area contributed by atoms with E-state index in [0.29, 0.717) is 6.61 Å². The summed E-state index contributed by atoms with van der Waals surface area (Å²) in [6.45, 7) is 2.27. The Morgan fingerprint density at radius 1 is 1.26 bits per heavy atom. The summed E-state index contributed by atoms with van der Waals surface area (Å²) in [4.78, 5) is 37.2. The van der Waals surface area contributed by atoms with E-state index in [-0.39, 0.29) is 47.9 Å². The molecule has 0 unspecified atom stereocenters. The molecule has 0 saturated heterocycles. The molecule has 148 valence electrons. The van der Waals surface area contributed by atoms with E-state index >= 15 is 0 Å². The van der Waals surface area contributed by atoms with Gasteiger partial charge in [0.05, 0.1) is 25.1 Å². The number of benzene rings is 1. The smallest absolute Gasteiger partial charge is 0.311 e. The predicted molar refractivity (Wildman–Crippen MR) is 98.8 cm³/mol. The van der Waals surface area contributed by atoms with Crippen molar-refractivity contribution in [1.29, 1.82) is 0 Å². The molecule has 1 aliphatic carbocycles. The molecule has 0 N–H and O–H groups in total. The molecule has 1 saturated carbocycles. The van der Waals surface area contributed by atoms with Crippen LogP contribution in [0.5, 0.6) is 5.75 Å². The van der Waals surface area contributed by atoms with Gasteiger partial charge in [-0.3, -0.25) is 19.7 Å². The number of rotatable bonds is 8. The lowest BCUT2D eigenvalue weighted by Crippen LogP contribution is -2.42. The molecule has 8 nitrogen and oxygen atoms in total. The van der Waals surface area contributed by atoms with Crippen LogP contribution in [-0.4, -0.2) is 48.0 Å². The predicted octanol–water partition coefficient (Wildman–Crippen LogP) is 3.33. The molecule has 27 heavy (non-hydrogen) atoms. The van der Waals surface area contributed by atoms with Crippen LogP contribution < -0.4 is 4.74 Å². The van der Waals surface area contributed by atoms with Crippen molar-refractivity contribution < 1.29 is 24.0 Å². The molecule has 0 aliphatic heterocycles. The highest BCUT2D eigenvalue weighted by Crippen LogP contribution is 2.30. The molecule has 0 atom stereocenters. The van der Waals surface area contributed by atoms with Crippen LogP contribution in [0.15, 0.2) is 18.2 Å². The van der Waals surface area contributed by atoms with Crippen molar-refractivity contribution in [2.45, 2.75) is 51.5 Å². The summed E-state index contributed by atoms with van der Waals surface area (Å²) < 4.78 is 9.96. The lowest BCUT2D eigenvalue weighted by Gasteiger charge is -2.34. The molecule has 1 aliphatic rings. The third kappa shape index (κ3) is 5.42. The van der Waals surface area contributed by atoms with Gasteiger partial charge in [0.2, 0.25) is 0 Å². The SMILES string of the molecule is CCOC(=O)CCN(C(=O)c1ccc(OC)c([N+](=O)[O-])c1)C1CCCCC1. The number of hydrogen-bond donors (Lipinski definition) is 0. The third-order valence-electron chi connectivity index (χ3n) is 4.76. The van der Waals surface area contributed by atoms with E-state index in [9.17, 15) is 19.7 Å². The fourth-order valence-corrected chi connectivity index (χ4v) is 3.42. The van der Waals surface area contributed by atoms with Crippen molar-refractivity contribution in [2.75, 3.05) is 20.3 Å². The summed E-state index contributed by atoms with van der Waals surface area (Å²) in [5.74, 6) is -0.559. The van der Waals surface area contributed by atoms with Gasteiger partial charge in [0.15, 0.2) is 5.75 Å². The Balaban J connectivity index is 2.25. The number of hydrogen-bond acceptors (Lipinski definition) is 6. The van der Waals surface area contributed by atoms with E-state index in [1.54, 1.807) is 11.8 Å². The summed E-state index contributed by atoms with van der Waals surface area (Å²) >= 11 is 0. The van der Waals surface area contributed by atoms with Crippen LogP contribution in [0.1, 0.15) is 55.8 Å². The second kappa shape index (κ2) is 9.89. The fraction of sp³-hybridized carbons (Fsp3) is 0.579. The first-order chi connectivity index (χ1) is 13.0. The number of esters is 1. The number of nitro benzene ring substituents is 1. The van der Waals surface area contributed by atoms with Crippen molar-refractivity contribution >= 4 is 17.6 Å². The van der Waals surface area contributed by atoms with Crippen molar-refractivity contribution in [2.24, 2.45) is 0 Å². The van der Waals surface area contributed by atoms with Gasteiger partial charge in [-0.1, -0.05) is 19.3 Å². The largest absolute Gasteiger partial charge is 0.490 e. The summed E-state index contributed by atoms with van der Waals surface area (Å²) in [5, 5.41) is 11.3. The number of methoxy groups -OCH3 is 1. The van der Waals surface area contributed by atoms with Crippen LogP contribution in [0.4, 0.5) is 5.69 Å². The standard InChI is InChI=1S/C19H26N2O6/c1-3-27-18(22)11-12-20(15-7-5-4-6-8-15)19(23)14-9-10-17(26-2)16(13-14)21(24)25/h9-10,13,15H,3-8,11-12H2,1-2H3. The minimum absolute atomic E-state index is 0.0295. The van der Waals surface area contributed by atoms with Gasteiger partial charge in [0.25, 0.3) is 5.91 Å². The zero-order valence-corrected chi connectivity index (χ0v) is 15.8. The highest BCUT2D eigenvalue weighted by Gasteiger charge is 2.28. The van der Waals surface area contributed by atoms with Crippen molar-refractivity contribution in [3.63, 3.8) is 0 Å². The number of amides is 1. The van der Waals surface area contributed by atoms with Crippen molar-refractivity contribution in [1.82, 2.24) is 4.90 Å². The topological polar surface area (TPSA) is 99.0 Å². The molecule has 1 fully saturated rings. The number of nitrogens with zero attached hydrogens (tertiary/aromatic N) is 2. The first-order valence-electron chi connectivity index (χ1n) is 9.27. The second-order valence-corrected chi connectivity index (χ2v) is 6.49. The molecule has 1 aromatic rings. The van der Waals surface area contributed by atoms with Crippen LogP contribution >= 0.6 is 0 Å². The first-order valence-corrected chi connectivity index (χ1v) is 9.27. The number of carbonyl (C=O) groups excluding carboxylic acids is 2. The Labute approximate surface area is 158 Å². The fourth-order valence-electron chi connectivity index (χ4n) is 3.42. The van der Waals surface area contributed by atoms with Gasteiger partial charge >= 0.3 is 11.7 Å². The first kappa shape index (κ1) is 20.7. The number of carbonyl (C=O) groups is 2. The van der Waals surface area contributed by atoms with Crippen molar-refractivity contribution in [3.8, 4) is 5.75 Å². The molecule has 0 aromatic heterocycles. The van der Waals surface area contributed by atoms with Crippen LogP contribution in [0.3, 0.4) is 0 Å². The molecular formula is C19H26N2O6. The van der Waals surface area contributed by atoms with E-state index < -0.39 is 4.92 Å². The van der Waals surface area contributed by atoms with Crippen LogP contribution in [0.2, 0.25) is 0 Å². The quantitative estimate of drug-likeness (QED) is 0.391. The van der Waals surface area contributed by atoms with E-state index in [1.807, 2.05) is 0 Å². The normalized spacial score (nSPS) is 14.4. The summed E-state index contributed by atoms with van der Waals surface area (Å²) in [7, 11) is 1.34. The molecule has 0 radical (unpaired) electrons. The monoisotopic (exact) mass is 378 g/mol. The third-order valence-corrected chi connectivity index (χ3v) is 4.76. The van der Waals surface area contributed by atoms with Crippen LogP contribution in [0, 0.1) is 10.1 Å². The Morgan fingerprint density at radius 2 is 1.96 bits per heavy atom. The van der Waals surface area contributed by atoms with E-state index in [1.165, 1.54) is 25.3 Å². The molecule has 0 bridgehead atoms. The van der Waals surface area contributed by atoms with Gasteiger partial charge in [-0.2, -0.15) is 0 Å².